The van der Waals surface area contributed by atoms with Crippen molar-refractivity contribution in [3.63, 3.8) is 0 Å². The van der Waals surface area contributed by atoms with Crippen molar-refractivity contribution in [2.75, 3.05) is 19.6 Å². The second-order valence-corrected chi connectivity index (χ2v) is 6.70. The molecule has 1 amide bonds. The minimum atomic E-state index is -0.289. The normalized spacial score (nSPS) is 24.7. The summed E-state index contributed by atoms with van der Waals surface area (Å²) in [5.41, 5.74) is -0.277. The van der Waals surface area contributed by atoms with Crippen molar-refractivity contribution >= 4 is 5.91 Å². The molecule has 94 valence electrons. The van der Waals surface area contributed by atoms with Gasteiger partial charge in [0.15, 0.2) is 0 Å². The van der Waals surface area contributed by atoms with E-state index in [9.17, 15) is 4.79 Å². The molecule has 0 aromatic heterocycles. The van der Waals surface area contributed by atoms with E-state index in [1.54, 1.807) is 0 Å². The molecule has 1 saturated heterocycles. The zero-order chi connectivity index (χ0) is 12.6. The number of nitrogens with one attached hydrogen (secondary N) is 1. The Kier molecular flexibility index (Phi) is 3.68. The molecular weight excluding hydrogens is 200 g/mol. The van der Waals surface area contributed by atoms with Crippen molar-refractivity contribution in [1.82, 2.24) is 10.2 Å². The third kappa shape index (κ3) is 3.21. The SMILES string of the molecule is CC(C)CN1CC(C)(C)NCC(C)(C)C1=O. The van der Waals surface area contributed by atoms with Crippen LogP contribution in [0, 0.1) is 11.3 Å². The van der Waals surface area contributed by atoms with E-state index in [1.807, 2.05) is 18.7 Å². The van der Waals surface area contributed by atoms with Crippen LogP contribution in [0.5, 0.6) is 0 Å². The lowest BCUT2D eigenvalue weighted by Gasteiger charge is -2.32. The fourth-order valence-electron chi connectivity index (χ4n) is 2.16. The first-order valence-corrected chi connectivity index (χ1v) is 6.18. The first-order valence-electron chi connectivity index (χ1n) is 6.18. The van der Waals surface area contributed by atoms with Gasteiger partial charge in [0, 0.05) is 25.2 Å². The lowest BCUT2D eigenvalue weighted by atomic mass is 9.91. The number of hydrogen-bond acceptors (Lipinski definition) is 2. The van der Waals surface area contributed by atoms with Crippen molar-refractivity contribution in [3.05, 3.63) is 0 Å². The van der Waals surface area contributed by atoms with Crippen LogP contribution >= 0.6 is 0 Å². The molecular formula is C13H26N2O. The lowest BCUT2D eigenvalue weighted by molar-refractivity contribution is -0.139. The molecule has 0 aliphatic carbocycles. The molecule has 0 radical (unpaired) electrons. The van der Waals surface area contributed by atoms with Crippen molar-refractivity contribution in [1.29, 1.82) is 0 Å². The minimum absolute atomic E-state index is 0.0122. The van der Waals surface area contributed by atoms with Gasteiger partial charge in [-0.3, -0.25) is 4.79 Å². The summed E-state index contributed by atoms with van der Waals surface area (Å²) in [7, 11) is 0. The summed E-state index contributed by atoms with van der Waals surface area (Å²) in [5.74, 6) is 0.799. The smallest absolute Gasteiger partial charge is 0.229 e. The maximum atomic E-state index is 12.4. The zero-order valence-electron chi connectivity index (χ0n) is 11.6. The first kappa shape index (κ1) is 13.5. The van der Waals surface area contributed by atoms with Crippen LogP contribution in [0.1, 0.15) is 41.5 Å². The number of rotatable bonds is 2. The highest BCUT2D eigenvalue weighted by Crippen LogP contribution is 2.24. The van der Waals surface area contributed by atoms with Gasteiger partial charge in [0.2, 0.25) is 5.91 Å². The van der Waals surface area contributed by atoms with Gasteiger partial charge in [-0.25, -0.2) is 0 Å². The predicted molar refractivity (Wildman–Crippen MR) is 67.3 cm³/mol. The Labute approximate surface area is 99.6 Å². The highest BCUT2D eigenvalue weighted by Gasteiger charge is 2.39. The molecule has 16 heavy (non-hydrogen) atoms. The van der Waals surface area contributed by atoms with Gasteiger partial charge in [-0.2, -0.15) is 0 Å². The fourth-order valence-corrected chi connectivity index (χ4v) is 2.16. The monoisotopic (exact) mass is 226 g/mol. The van der Waals surface area contributed by atoms with Crippen LogP contribution in [-0.2, 0) is 4.79 Å². The maximum Gasteiger partial charge on any atom is 0.229 e. The summed E-state index contributed by atoms with van der Waals surface area (Å²) < 4.78 is 0. The van der Waals surface area contributed by atoms with Crippen LogP contribution in [0.15, 0.2) is 0 Å². The molecule has 3 heteroatoms. The van der Waals surface area contributed by atoms with Gasteiger partial charge in [-0.1, -0.05) is 13.8 Å². The highest BCUT2D eigenvalue weighted by molar-refractivity contribution is 5.82. The summed E-state index contributed by atoms with van der Waals surface area (Å²) in [6.07, 6.45) is 0. The highest BCUT2D eigenvalue weighted by atomic mass is 16.2. The molecule has 0 spiro atoms. The van der Waals surface area contributed by atoms with Crippen molar-refractivity contribution < 1.29 is 4.79 Å². The summed E-state index contributed by atoms with van der Waals surface area (Å²) in [6.45, 7) is 15.1. The van der Waals surface area contributed by atoms with E-state index in [4.69, 9.17) is 0 Å². The summed E-state index contributed by atoms with van der Waals surface area (Å²) >= 11 is 0. The average molecular weight is 226 g/mol. The van der Waals surface area contributed by atoms with Gasteiger partial charge in [0.25, 0.3) is 0 Å². The molecule has 1 N–H and O–H groups in total. The number of carbonyl (C=O) groups is 1. The molecule has 0 saturated carbocycles. The molecule has 1 fully saturated rings. The third-order valence-electron chi connectivity index (χ3n) is 3.05. The average Bonchev–Trinajstić information content (AvgIpc) is 2.17. The minimum Gasteiger partial charge on any atom is -0.340 e. The van der Waals surface area contributed by atoms with Crippen LogP contribution in [0.25, 0.3) is 0 Å². The molecule has 0 unspecified atom stereocenters. The van der Waals surface area contributed by atoms with Gasteiger partial charge in [-0.15, -0.1) is 0 Å². The van der Waals surface area contributed by atoms with Crippen LogP contribution < -0.4 is 5.32 Å². The number of amides is 1. The Bertz CT molecular complexity index is 269. The maximum absolute atomic E-state index is 12.4. The second-order valence-electron chi connectivity index (χ2n) is 6.70. The van der Waals surface area contributed by atoms with Crippen LogP contribution in [0.3, 0.4) is 0 Å². The fraction of sp³-hybridized carbons (Fsp3) is 0.923. The van der Waals surface area contributed by atoms with Crippen LogP contribution in [-0.4, -0.2) is 36.0 Å². The lowest BCUT2D eigenvalue weighted by Crippen LogP contribution is -2.47. The van der Waals surface area contributed by atoms with Crippen molar-refractivity contribution in [2.45, 2.75) is 47.1 Å². The Hall–Kier alpha value is -0.570. The molecule has 0 atom stereocenters. The van der Waals surface area contributed by atoms with Crippen molar-refractivity contribution in [2.24, 2.45) is 11.3 Å². The number of carbonyl (C=O) groups excluding carboxylic acids is 1. The molecule has 0 aromatic rings. The Morgan fingerprint density at radius 1 is 1.31 bits per heavy atom. The van der Waals surface area contributed by atoms with Gasteiger partial charge < -0.3 is 10.2 Å². The van der Waals surface area contributed by atoms with E-state index in [0.29, 0.717) is 5.92 Å². The van der Waals surface area contributed by atoms with E-state index < -0.39 is 0 Å². The Morgan fingerprint density at radius 3 is 2.38 bits per heavy atom. The standard InChI is InChI=1S/C13H26N2O/c1-10(2)7-15-9-13(5,6)14-8-12(3,4)11(15)16/h10,14H,7-9H2,1-6H3. The number of nitrogens with zero attached hydrogens (tertiary/aromatic N) is 1. The third-order valence-corrected chi connectivity index (χ3v) is 3.05. The summed E-state index contributed by atoms with van der Waals surface area (Å²) in [5, 5.41) is 3.48. The van der Waals surface area contributed by atoms with Gasteiger partial charge in [-0.05, 0) is 33.6 Å². The molecule has 1 aliphatic heterocycles. The topological polar surface area (TPSA) is 32.3 Å². The largest absolute Gasteiger partial charge is 0.340 e. The molecule has 1 aliphatic rings. The van der Waals surface area contributed by atoms with Crippen LogP contribution in [0.4, 0.5) is 0 Å². The molecule has 0 bridgehead atoms. The Balaban J connectivity index is 2.89. The number of hydrogen-bond donors (Lipinski definition) is 1. The van der Waals surface area contributed by atoms with Gasteiger partial charge >= 0.3 is 0 Å². The zero-order valence-corrected chi connectivity index (χ0v) is 11.6. The van der Waals surface area contributed by atoms with E-state index in [1.165, 1.54) is 0 Å². The molecule has 1 rings (SSSR count). The second kappa shape index (κ2) is 4.36. The molecule has 0 aromatic carbocycles. The van der Waals surface area contributed by atoms with Gasteiger partial charge in [0.1, 0.15) is 0 Å². The Morgan fingerprint density at radius 2 is 1.88 bits per heavy atom. The van der Waals surface area contributed by atoms with Gasteiger partial charge in [0.05, 0.1) is 5.41 Å². The predicted octanol–water partition coefficient (Wildman–Crippen LogP) is 1.88. The first-order chi connectivity index (χ1) is 7.14. The molecule has 1 heterocycles. The van der Waals surface area contributed by atoms with E-state index >= 15 is 0 Å². The quantitative estimate of drug-likeness (QED) is 0.779. The molecule has 3 nitrogen and oxygen atoms in total. The van der Waals surface area contributed by atoms with Crippen LogP contribution in [0.2, 0.25) is 0 Å². The summed E-state index contributed by atoms with van der Waals surface area (Å²) in [4.78, 5) is 14.4. The van der Waals surface area contributed by atoms with E-state index in [0.717, 1.165) is 19.6 Å². The van der Waals surface area contributed by atoms with E-state index in [2.05, 4.69) is 33.0 Å². The van der Waals surface area contributed by atoms with E-state index in [-0.39, 0.29) is 16.9 Å². The summed E-state index contributed by atoms with van der Waals surface area (Å²) in [6, 6.07) is 0. The van der Waals surface area contributed by atoms with Crippen molar-refractivity contribution in [3.8, 4) is 0 Å².